The van der Waals surface area contributed by atoms with E-state index in [1.807, 2.05) is 6.07 Å². The number of nitrogens with zero attached hydrogens (tertiary/aromatic N) is 2. The van der Waals surface area contributed by atoms with Gasteiger partial charge in [0.05, 0.1) is 0 Å². The fourth-order valence-corrected chi connectivity index (χ4v) is 3.82. The lowest BCUT2D eigenvalue weighted by Gasteiger charge is -2.35. The minimum atomic E-state index is 0.168. The molecule has 0 radical (unpaired) electrons. The summed E-state index contributed by atoms with van der Waals surface area (Å²) in [5, 5.41) is 0. The Balaban J connectivity index is 1.63. The highest BCUT2D eigenvalue weighted by molar-refractivity contribution is 5.44. The molecular weight excluding hydrogens is 338 g/mol. The molecule has 0 fully saturated rings. The summed E-state index contributed by atoms with van der Waals surface area (Å²) in [6.07, 6.45) is 4.70. The van der Waals surface area contributed by atoms with E-state index in [-0.39, 0.29) is 6.17 Å². The molecule has 1 atom stereocenters. The van der Waals surface area contributed by atoms with E-state index in [1.165, 1.54) is 16.8 Å². The fraction of sp³-hybridized carbons (Fsp3) is 0.364. The number of unbranched alkanes of at least 4 members (excludes halogenated alkanes) is 1. The van der Waals surface area contributed by atoms with Crippen LogP contribution in [0.25, 0.3) is 0 Å². The van der Waals surface area contributed by atoms with Crippen molar-refractivity contribution in [1.29, 1.82) is 0 Å². The molecule has 5 heteroatoms. The maximum Gasteiger partial charge on any atom is 0.231 e. The van der Waals surface area contributed by atoms with E-state index >= 15 is 0 Å². The van der Waals surface area contributed by atoms with Crippen LogP contribution in [0.15, 0.2) is 60.4 Å². The topological polar surface area (TPSA) is 51.0 Å². The van der Waals surface area contributed by atoms with Crippen LogP contribution in [-0.4, -0.2) is 29.7 Å². The van der Waals surface area contributed by atoms with Crippen molar-refractivity contribution >= 4 is 0 Å². The predicted octanol–water partition coefficient (Wildman–Crippen LogP) is 3.83. The lowest BCUT2D eigenvalue weighted by molar-refractivity contribution is 0.138. The average molecular weight is 365 g/mol. The van der Waals surface area contributed by atoms with Crippen molar-refractivity contribution in [3.8, 4) is 11.5 Å². The molecule has 5 nitrogen and oxygen atoms in total. The molecule has 0 bridgehead atoms. The average Bonchev–Trinajstić information content (AvgIpc) is 3.30. The first-order chi connectivity index (χ1) is 13.3. The van der Waals surface area contributed by atoms with Crippen LogP contribution in [0, 0.1) is 0 Å². The van der Waals surface area contributed by atoms with Gasteiger partial charge >= 0.3 is 0 Å². The summed E-state index contributed by atoms with van der Waals surface area (Å²) in [6.45, 7) is 4.88. The van der Waals surface area contributed by atoms with Gasteiger partial charge in [-0.05, 0) is 29.7 Å². The normalized spacial score (nSPS) is 18.1. The van der Waals surface area contributed by atoms with Gasteiger partial charge in [-0.15, -0.1) is 0 Å². The van der Waals surface area contributed by atoms with Crippen LogP contribution in [0.3, 0.4) is 0 Å². The Kier molecular flexibility index (Phi) is 5.21. The summed E-state index contributed by atoms with van der Waals surface area (Å²) in [5.74, 6) is 1.65. The van der Waals surface area contributed by atoms with Gasteiger partial charge in [-0.25, -0.2) is 0 Å². The van der Waals surface area contributed by atoms with Crippen LogP contribution in [0.2, 0.25) is 0 Å². The molecule has 4 rings (SSSR count). The molecular formula is C22H27N3O2. The maximum absolute atomic E-state index is 6.09. The summed E-state index contributed by atoms with van der Waals surface area (Å²) in [6, 6.07) is 16.9. The highest BCUT2D eigenvalue weighted by Crippen LogP contribution is 2.38. The number of hydrogen-bond acceptors (Lipinski definition) is 5. The van der Waals surface area contributed by atoms with Crippen molar-refractivity contribution in [3.63, 3.8) is 0 Å². The molecule has 0 spiro atoms. The summed E-state index contributed by atoms with van der Waals surface area (Å²) >= 11 is 0. The van der Waals surface area contributed by atoms with Crippen LogP contribution in [0.1, 0.15) is 37.1 Å². The molecule has 2 aromatic rings. The molecule has 0 aromatic heterocycles. The second-order valence-electron chi connectivity index (χ2n) is 7.02. The van der Waals surface area contributed by atoms with Crippen molar-refractivity contribution in [2.45, 2.75) is 32.5 Å². The molecule has 0 saturated carbocycles. The third kappa shape index (κ3) is 3.60. The van der Waals surface area contributed by atoms with Gasteiger partial charge < -0.3 is 25.0 Å². The Morgan fingerprint density at radius 2 is 1.89 bits per heavy atom. The van der Waals surface area contributed by atoms with Gasteiger partial charge in [-0.2, -0.15) is 0 Å². The first kappa shape index (κ1) is 17.7. The molecule has 2 N–H and O–H groups in total. The van der Waals surface area contributed by atoms with Crippen molar-refractivity contribution < 1.29 is 9.47 Å². The summed E-state index contributed by atoms with van der Waals surface area (Å²) in [4.78, 5) is 4.83. The van der Waals surface area contributed by atoms with Crippen LogP contribution in [0.5, 0.6) is 11.5 Å². The van der Waals surface area contributed by atoms with Crippen molar-refractivity contribution in [2.24, 2.45) is 5.73 Å². The molecule has 2 heterocycles. The number of ether oxygens (including phenoxy) is 2. The standard InChI is InChI=1S/C22H27N3O2/c1-2-3-11-25-19(13-23)15-24(22(25)18-7-5-4-6-8-18)14-17-9-10-20-21(12-17)27-16-26-20/h4-10,12,15,22H,2-3,11,13-14,16,23H2,1H3. The van der Waals surface area contributed by atoms with Crippen LogP contribution in [0.4, 0.5) is 0 Å². The lowest BCUT2D eigenvalue weighted by atomic mass is 10.1. The van der Waals surface area contributed by atoms with E-state index in [2.05, 4.69) is 65.4 Å². The molecule has 2 aromatic carbocycles. The van der Waals surface area contributed by atoms with Crippen molar-refractivity contribution in [1.82, 2.24) is 9.80 Å². The number of fused-ring (bicyclic) bond motifs is 1. The maximum atomic E-state index is 6.09. The quantitative estimate of drug-likeness (QED) is 0.808. The molecule has 0 aliphatic carbocycles. The van der Waals surface area contributed by atoms with Gasteiger partial charge in [0.2, 0.25) is 6.79 Å². The highest BCUT2D eigenvalue weighted by atomic mass is 16.7. The van der Waals surface area contributed by atoms with Crippen LogP contribution in [-0.2, 0) is 6.54 Å². The van der Waals surface area contributed by atoms with Gasteiger partial charge in [-0.3, -0.25) is 0 Å². The highest BCUT2D eigenvalue weighted by Gasteiger charge is 2.32. The molecule has 2 aliphatic heterocycles. The zero-order valence-electron chi connectivity index (χ0n) is 15.8. The number of hydrogen-bond donors (Lipinski definition) is 1. The number of nitrogens with two attached hydrogens (primary N) is 1. The fourth-order valence-electron chi connectivity index (χ4n) is 3.82. The van der Waals surface area contributed by atoms with E-state index in [9.17, 15) is 0 Å². The summed E-state index contributed by atoms with van der Waals surface area (Å²) in [7, 11) is 0. The second kappa shape index (κ2) is 7.92. The number of benzene rings is 2. The molecule has 1 unspecified atom stereocenters. The van der Waals surface area contributed by atoms with Gasteiger partial charge in [0.25, 0.3) is 0 Å². The SMILES string of the molecule is CCCCN1C(CN)=CN(Cc2ccc3c(c2)OCO3)C1c1ccccc1. The smallest absolute Gasteiger partial charge is 0.231 e. The summed E-state index contributed by atoms with van der Waals surface area (Å²) < 4.78 is 11.0. The van der Waals surface area contributed by atoms with E-state index in [4.69, 9.17) is 15.2 Å². The van der Waals surface area contributed by atoms with Crippen molar-refractivity contribution in [2.75, 3.05) is 19.9 Å². The predicted molar refractivity (Wildman–Crippen MR) is 106 cm³/mol. The Bertz CT molecular complexity index is 806. The second-order valence-corrected chi connectivity index (χ2v) is 7.02. The van der Waals surface area contributed by atoms with Gasteiger partial charge in [0.15, 0.2) is 11.5 Å². The van der Waals surface area contributed by atoms with Gasteiger partial charge in [0, 0.05) is 31.5 Å². The Morgan fingerprint density at radius 3 is 2.67 bits per heavy atom. The summed E-state index contributed by atoms with van der Waals surface area (Å²) in [5.41, 5.74) is 9.77. The molecule has 0 amide bonds. The third-order valence-corrected chi connectivity index (χ3v) is 5.15. The minimum Gasteiger partial charge on any atom is -0.454 e. The Labute approximate surface area is 161 Å². The minimum absolute atomic E-state index is 0.168. The largest absolute Gasteiger partial charge is 0.454 e. The lowest BCUT2D eigenvalue weighted by Crippen LogP contribution is -2.34. The monoisotopic (exact) mass is 365 g/mol. The third-order valence-electron chi connectivity index (χ3n) is 5.15. The first-order valence-electron chi connectivity index (χ1n) is 9.66. The zero-order valence-corrected chi connectivity index (χ0v) is 15.8. The van der Waals surface area contributed by atoms with E-state index in [0.717, 1.165) is 37.4 Å². The molecule has 142 valence electrons. The zero-order chi connectivity index (χ0) is 18.6. The van der Waals surface area contributed by atoms with Crippen LogP contribution >= 0.6 is 0 Å². The van der Waals surface area contributed by atoms with Crippen LogP contribution < -0.4 is 15.2 Å². The number of rotatable bonds is 7. The van der Waals surface area contributed by atoms with E-state index in [1.54, 1.807) is 0 Å². The molecule has 27 heavy (non-hydrogen) atoms. The van der Waals surface area contributed by atoms with Gasteiger partial charge in [0.1, 0.15) is 6.17 Å². The van der Waals surface area contributed by atoms with Gasteiger partial charge in [-0.1, -0.05) is 49.7 Å². The molecule has 0 saturated heterocycles. The van der Waals surface area contributed by atoms with Crippen molar-refractivity contribution in [3.05, 3.63) is 71.6 Å². The Hall–Kier alpha value is -2.66. The first-order valence-corrected chi connectivity index (χ1v) is 9.66. The Morgan fingerprint density at radius 1 is 1.07 bits per heavy atom. The van der Waals surface area contributed by atoms with E-state index < -0.39 is 0 Å². The van der Waals surface area contributed by atoms with E-state index in [0.29, 0.717) is 13.3 Å². The molecule has 2 aliphatic rings.